The first-order valence-corrected chi connectivity index (χ1v) is 5.78. The van der Waals surface area contributed by atoms with Gasteiger partial charge in [0.25, 0.3) is 0 Å². The third kappa shape index (κ3) is 1.04. The predicted molar refractivity (Wildman–Crippen MR) is 55.3 cm³/mol. The fourth-order valence-corrected chi connectivity index (χ4v) is 3.39. The van der Waals surface area contributed by atoms with Gasteiger partial charge in [-0.2, -0.15) is 0 Å². The summed E-state index contributed by atoms with van der Waals surface area (Å²) in [6.07, 6.45) is 13.2. The molecule has 13 heavy (non-hydrogen) atoms. The first-order chi connectivity index (χ1) is 6.38. The maximum absolute atomic E-state index is 2.60. The van der Waals surface area contributed by atoms with Gasteiger partial charge in [-0.3, -0.25) is 0 Å². The van der Waals surface area contributed by atoms with E-state index in [9.17, 15) is 0 Å². The first-order valence-electron chi connectivity index (χ1n) is 5.78. The van der Waals surface area contributed by atoms with E-state index >= 15 is 0 Å². The van der Waals surface area contributed by atoms with Crippen molar-refractivity contribution >= 4 is 0 Å². The molecule has 0 saturated heterocycles. The highest BCUT2D eigenvalue weighted by Gasteiger charge is 2.38. The van der Waals surface area contributed by atoms with E-state index in [1.807, 2.05) is 5.57 Å². The second-order valence-electron chi connectivity index (χ2n) is 4.92. The Morgan fingerprint density at radius 2 is 2.23 bits per heavy atom. The average molecular weight is 174 g/mol. The standard InChI is InChI=1S/C13H18/c1-2-10-5-6-12(10)13-8-9-3-4-11(13)7-9/h5-6,8-12H,2-4,7H2,1H3. The zero-order valence-electron chi connectivity index (χ0n) is 8.37. The van der Waals surface area contributed by atoms with E-state index in [1.54, 1.807) is 0 Å². The van der Waals surface area contributed by atoms with Gasteiger partial charge in [0.05, 0.1) is 0 Å². The van der Waals surface area contributed by atoms with Crippen molar-refractivity contribution < 1.29 is 0 Å². The Labute approximate surface area is 80.7 Å². The molecule has 0 spiro atoms. The van der Waals surface area contributed by atoms with Crippen LogP contribution in [0, 0.1) is 23.7 Å². The van der Waals surface area contributed by atoms with Crippen molar-refractivity contribution in [3.8, 4) is 0 Å². The molecular formula is C13H18. The third-order valence-corrected chi connectivity index (χ3v) is 4.26. The van der Waals surface area contributed by atoms with Gasteiger partial charge in [-0.1, -0.05) is 30.7 Å². The van der Waals surface area contributed by atoms with Crippen molar-refractivity contribution in [3.05, 3.63) is 23.8 Å². The molecule has 1 fully saturated rings. The Bertz CT molecular complexity index is 272. The molecule has 0 heterocycles. The van der Waals surface area contributed by atoms with Gasteiger partial charge >= 0.3 is 0 Å². The molecule has 3 rings (SSSR count). The van der Waals surface area contributed by atoms with Crippen molar-refractivity contribution in [3.63, 3.8) is 0 Å². The summed E-state index contributed by atoms with van der Waals surface area (Å²) in [4.78, 5) is 0. The molecule has 4 unspecified atom stereocenters. The summed E-state index contributed by atoms with van der Waals surface area (Å²) in [5.41, 5.74) is 1.81. The lowest BCUT2D eigenvalue weighted by Crippen LogP contribution is -2.22. The van der Waals surface area contributed by atoms with Crippen LogP contribution in [0.1, 0.15) is 32.6 Å². The zero-order valence-corrected chi connectivity index (χ0v) is 8.37. The monoisotopic (exact) mass is 174 g/mol. The fourth-order valence-electron chi connectivity index (χ4n) is 3.39. The summed E-state index contributed by atoms with van der Waals surface area (Å²) in [6.45, 7) is 2.31. The van der Waals surface area contributed by atoms with Crippen LogP contribution in [0.2, 0.25) is 0 Å². The maximum Gasteiger partial charge on any atom is 0.00424 e. The van der Waals surface area contributed by atoms with Crippen molar-refractivity contribution in [1.82, 2.24) is 0 Å². The Kier molecular flexibility index (Phi) is 1.65. The second kappa shape index (κ2) is 2.73. The number of rotatable bonds is 2. The van der Waals surface area contributed by atoms with Gasteiger partial charge in [0.15, 0.2) is 0 Å². The van der Waals surface area contributed by atoms with Crippen LogP contribution in [0.25, 0.3) is 0 Å². The van der Waals surface area contributed by atoms with Gasteiger partial charge in [-0.15, -0.1) is 0 Å². The van der Waals surface area contributed by atoms with Crippen LogP contribution in [0.3, 0.4) is 0 Å². The van der Waals surface area contributed by atoms with E-state index in [0.717, 1.165) is 23.7 Å². The van der Waals surface area contributed by atoms with Crippen LogP contribution in [-0.2, 0) is 0 Å². The van der Waals surface area contributed by atoms with E-state index in [1.165, 1.54) is 25.7 Å². The fraction of sp³-hybridized carbons (Fsp3) is 0.692. The largest absolute Gasteiger partial charge is 0.0839 e. The minimum atomic E-state index is 0.847. The lowest BCUT2D eigenvalue weighted by Gasteiger charge is -2.33. The molecule has 3 aliphatic rings. The second-order valence-corrected chi connectivity index (χ2v) is 4.92. The average Bonchev–Trinajstić information content (AvgIpc) is 2.63. The molecule has 0 nitrogen and oxygen atoms in total. The van der Waals surface area contributed by atoms with Gasteiger partial charge in [0.1, 0.15) is 0 Å². The summed E-state index contributed by atoms with van der Waals surface area (Å²) in [7, 11) is 0. The van der Waals surface area contributed by atoms with Gasteiger partial charge in [0, 0.05) is 5.92 Å². The van der Waals surface area contributed by atoms with Crippen molar-refractivity contribution in [2.75, 3.05) is 0 Å². The summed E-state index contributed by atoms with van der Waals surface area (Å²) in [5.74, 6) is 3.67. The lowest BCUT2D eigenvalue weighted by atomic mass is 9.72. The quantitative estimate of drug-likeness (QED) is 0.561. The first kappa shape index (κ1) is 7.84. The molecule has 2 bridgehead atoms. The van der Waals surface area contributed by atoms with Gasteiger partial charge in [-0.25, -0.2) is 0 Å². The SMILES string of the molecule is CCC1C=CC1C1=CC2CCC1C2. The highest BCUT2D eigenvalue weighted by molar-refractivity contribution is 5.31. The Morgan fingerprint density at radius 3 is 2.69 bits per heavy atom. The van der Waals surface area contributed by atoms with E-state index in [-0.39, 0.29) is 0 Å². The van der Waals surface area contributed by atoms with Gasteiger partial charge < -0.3 is 0 Å². The van der Waals surface area contributed by atoms with Crippen LogP contribution < -0.4 is 0 Å². The molecule has 0 radical (unpaired) electrons. The van der Waals surface area contributed by atoms with E-state index < -0.39 is 0 Å². The summed E-state index contributed by atoms with van der Waals surface area (Å²) in [6, 6.07) is 0. The molecule has 70 valence electrons. The van der Waals surface area contributed by atoms with E-state index in [4.69, 9.17) is 0 Å². The molecule has 0 aromatic carbocycles. The molecule has 3 aliphatic carbocycles. The van der Waals surface area contributed by atoms with Crippen molar-refractivity contribution in [2.24, 2.45) is 23.7 Å². The molecule has 0 amide bonds. The number of hydrogen-bond donors (Lipinski definition) is 0. The molecule has 0 aromatic rings. The minimum Gasteiger partial charge on any atom is -0.0839 e. The predicted octanol–water partition coefficient (Wildman–Crippen LogP) is 3.55. The van der Waals surface area contributed by atoms with Crippen LogP contribution in [-0.4, -0.2) is 0 Å². The Hall–Kier alpha value is -0.520. The molecule has 0 N–H and O–H groups in total. The van der Waals surface area contributed by atoms with E-state index in [2.05, 4.69) is 25.2 Å². The van der Waals surface area contributed by atoms with Crippen molar-refractivity contribution in [2.45, 2.75) is 32.6 Å². The molecule has 1 saturated carbocycles. The molecule has 0 aliphatic heterocycles. The summed E-state index contributed by atoms with van der Waals surface area (Å²) in [5, 5.41) is 0. The Morgan fingerprint density at radius 1 is 1.31 bits per heavy atom. The van der Waals surface area contributed by atoms with Crippen LogP contribution in [0.5, 0.6) is 0 Å². The van der Waals surface area contributed by atoms with Crippen molar-refractivity contribution in [1.29, 1.82) is 0 Å². The highest BCUT2D eigenvalue weighted by atomic mass is 14.4. The topological polar surface area (TPSA) is 0 Å². The smallest absolute Gasteiger partial charge is 0.00424 e. The van der Waals surface area contributed by atoms with Crippen LogP contribution >= 0.6 is 0 Å². The third-order valence-electron chi connectivity index (χ3n) is 4.26. The minimum absolute atomic E-state index is 0.847. The highest BCUT2D eigenvalue weighted by Crippen LogP contribution is 2.50. The number of hydrogen-bond acceptors (Lipinski definition) is 0. The molecular weight excluding hydrogens is 156 g/mol. The van der Waals surface area contributed by atoms with Gasteiger partial charge in [0.2, 0.25) is 0 Å². The van der Waals surface area contributed by atoms with Crippen LogP contribution in [0.15, 0.2) is 23.8 Å². The maximum atomic E-state index is 2.60. The van der Waals surface area contributed by atoms with Crippen LogP contribution in [0.4, 0.5) is 0 Å². The van der Waals surface area contributed by atoms with E-state index in [0.29, 0.717) is 0 Å². The molecule has 4 atom stereocenters. The number of fused-ring (bicyclic) bond motifs is 2. The lowest BCUT2D eigenvalue weighted by molar-refractivity contribution is 0.425. The Balaban J connectivity index is 1.80. The zero-order chi connectivity index (χ0) is 8.84. The molecule has 0 heteroatoms. The summed E-state index contributed by atoms with van der Waals surface area (Å²) < 4.78 is 0. The molecule has 0 aromatic heterocycles. The normalized spacial score (nSPS) is 46.4. The summed E-state index contributed by atoms with van der Waals surface area (Å²) >= 11 is 0. The van der Waals surface area contributed by atoms with Gasteiger partial charge in [-0.05, 0) is 43.4 Å². The number of allylic oxidation sites excluding steroid dienone is 4.